The number of carbonyl (C=O) groups is 1. The number of aromatic amines is 1. The largest absolute Gasteiger partial charge is 0.340 e. The Labute approximate surface area is 136 Å². The molecule has 1 aliphatic rings. The molecule has 1 fully saturated rings. The second-order valence-electron chi connectivity index (χ2n) is 6.04. The second kappa shape index (κ2) is 7.37. The normalized spacial score (nSPS) is 15.8. The highest BCUT2D eigenvalue weighted by Crippen LogP contribution is 2.11. The number of nitrogens with one attached hydrogen (secondary N) is 1. The van der Waals surface area contributed by atoms with E-state index in [9.17, 15) is 4.79 Å². The molecule has 3 rings (SSSR count). The van der Waals surface area contributed by atoms with E-state index in [0.29, 0.717) is 6.42 Å². The van der Waals surface area contributed by atoms with Crippen molar-refractivity contribution >= 4 is 5.91 Å². The molecule has 0 aliphatic carbocycles. The van der Waals surface area contributed by atoms with Gasteiger partial charge in [-0.25, -0.2) is 0 Å². The van der Waals surface area contributed by atoms with Crippen LogP contribution in [0.2, 0.25) is 0 Å². The summed E-state index contributed by atoms with van der Waals surface area (Å²) in [5.74, 6) is 0.232. The third-order valence-electron chi connectivity index (χ3n) is 4.48. The number of rotatable bonds is 5. The standard InChI is InChI=1S/C17H23N5O/c1-14-4-2-3-5-15(14)12-17(23)22-10-8-21(9-11-22)7-6-16-13-18-20-19-16/h2-5,13H,6-12H2,1H3,(H,18,19,20). The minimum absolute atomic E-state index is 0.232. The first-order valence-electron chi connectivity index (χ1n) is 8.11. The number of nitrogens with zero attached hydrogens (tertiary/aromatic N) is 4. The van der Waals surface area contributed by atoms with Crippen molar-refractivity contribution in [2.24, 2.45) is 0 Å². The molecule has 0 saturated carbocycles. The lowest BCUT2D eigenvalue weighted by Crippen LogP contribution is -2.49. The summed E-state index contributed by atoms with van der Waals surface area (Å²) in [5.41, 5.74) is 3.31. The van der Waals surface area contributed by atoms with Crippen molar-refractivity contribution in [1.29, 1.82) is 0 Å². The van der Waals surface area contributed by atoms with E-state index < -0.39 is 0 Å². The van der Waals surface area contributed by atoms with Crippen LogP contribution in [-0.2, 0) is 17.6 Å². The molecule has 2 heterocycles. The number of H-pyrrole nitrogens is 1. The second-order valence-corrected chi connectivity index (χ2v) is 6.04. The zero-order chi connectivity index (χ0) is 16.1. The summed E-state index contributed by atoms with van der Waals surface area (Å²) in [6.07, 6.45) is 3.17. The van der Waals surface area contributed by atoms with Gasteiger partial charge in [0.05, 0.1) is 18.3 Å². The van der Waals surface area contributed by atoms with Crippen molar-refractivity contribution in [2.45, 2.75) is 19.8 Å². The SMILES string of the molecule is Cc1ccccc1CC(=O)N1CCN(CCc2cn[nH]n2)CC1. The third kappa shape index (κ3) is 4.16. The molecule has 0 radical (unpaired) electrons. The lowest BCUT2D eigenvalue weighted by Gasteiger charge is -2.34. The molecule has 1 aliphatic heterocycles. The Morgan fingerprint density at radius 1 is 1.22 bits per heavy atom. The van der Waals surface area contributed by atoms with Gasteiger partial charge in [-0.3, -0.25) is 9.69 Å². The Bertz CT molecular complexity index is 632. The number of carbonyl (C=O) groups excluding carboxylic acids is 1. The number of amides is 1. The fraction of sp³-hybridized carbons (Fsp3) is 0.471. The van der Waals surface area contributed by atoms with E-state index in [0.717, 1.165) is 50.4 Å². The number of hydrogen-bond acceptors (Lipinski definition) is 4. The van der Waals surface area contributed by atoms with Crippen molar-refractivity contribution in [3.8, 4) is 0 Å². The Balaban J connectivity index is 1.45. The van der Waals surface area contributed by atoms with Crippen LogP contribution in [0, 0.1) is 6.92 Å². The highest BCUT2D eigenvalue weighted by molar-refractivity contribution is 5.79. The van der Waals surface area contributed by atoms with Gasteiger partial charge >= 0.3 is 0 Å². The molecule has 6 heteroatoms. The maximum atomic E-state index is 12.5. The van der Waals surface area contributed by atoms with Crippen LogP contribution in [0.15, 0.2) is 30.5 Å². The maximum absolute atomic E-state index is 12.5. The van der Waals surface area contributed by atoms with Gasteiger partial charge in [0, 0.05) is 39.1 Å². The number of hydrogen-bond donors (Lipinski definition) is 1. The summed E-state index contributed by atoms with van der Waals surface area (Å²) in [6.45, 7) is 6.50. The van der Waals surface area contributed by atoms with Gasteiger partial charge in [-0.05, 0) is 18.1 Å². The number of aromatic nitrogens is 3. The third-order valence-corrected chi connectivity index (χ3v) is 4.48. The minimum Gasteiger partial charge on any atom is -0.340 e. The van der Waals surface area contributed by atoms with Crippen molar-refractivity contribution in [3.63, 3.8) is 0 Å². The van der Waals surface area contributed by atoms with Gasteiger partial charge in [0.1, 0.15) is 0 Å². The predicted octanol–water partition coefficient (Wildman–Crippen LogP) is 1.04. The van der Waals surface area contributed by atoms with Gasteiger partial charge in [0.15, 0.2) is 0 Å². The van der Waals surface area contributed by atoms with Crippen LogP contribution >= 0.6 is 0 Å². The zero-order valence-corrected chi connectivity index (χ0v) is 13.5. The van der Waals surface area contributed by atoms with Crippen LogP contribution in [0.5, 0.6) is 0 Å². The molecule has 1 amide bonds. The fourth-order valence-corrected chi connectivity index (χ4v) is 2.92. The molecule has 1 saturated heterocycles. The first kappa shape index (κ1) is 15.7. The predicted molar refractivity (Wildman–Crippen MR) is 88.0 cm³/mol. The Kier molecular flexibility index (Phi) is 5.02. The van der Waals surface area contributed by atoms with Crippen LogP contribution in [-0.4, -0.2) is 63.8 Å². The summed E-state index contributed by atoms with van der Waals surface area (Å²) in [4.78, 5) is 16.8. The van der Waals surface area contributed by atoms with Gasteiger partial charge < -0.3 is 4.90 Å². The van der Waals surface area contributed by atoms with Crippen molar-refractivity contribution in [3.05, 3.63) is 47.3 Å². The summed E-state index contributed by atoms with van der Waals surface area (Å²) in [7, 11) is 0. The minimum atomic E-state index is 0.232. The monoisotopic (exact) mass is 313 g/mol. The molecular weight excluding hydrogens is 290 g/mol. The summed E-state index contributed by atoms with van der Waals surface area (Å²) in [5, 5.41) is 10.5. The molecule has 0 spiro atoms. The lowest BCUT2D eigenvalue weighted by atomic mass is 10.1. The molecule has 0 unspecified atom stereocenters. The van der Waals surface area contributed by atoms with Crippen LogP contribution in [0.3, 0.4) is 0 Å². The summed E-state index contributed by atoms with van der Waals surface area (Å²) < 4.78 is 0. The van der Waals surface area contributed by atoms with E-state index in [1.807, 2.05) is 23.1 Å². The van der Waals surface area contributed by atoms with Crippen molar-refractivity contribution < 1.29 is 4.79 Å². The molecule has 1 aromatic carbocycles. The van der Waals surface area contributed by atoms with Gasteiger partial charge in [0.25, 0.3) is 0 Å². The molecule has 122 valence electrons. The van der Waals surface area contributed by atoms with E-state index in [4.69, 9.17) is 0 Å². The molecule has 2 aromatic rings. The van der Waals surface area contributed by atoms with Crippen LogP contribution in [0.4, 0.5) is 0 Å². The molecular formula is C17H23N5O. The first-order valence-corrected chi connectivity index (χ1v) is 8.11. The molecule has 1 N–H and O–H groups in total. The van der Waals surface area contributed by atoms with Crippen LogP contribution in [0.1, 0.15) is 16.8 Å². The smallest absolute Gasteiger partial charge is 0.227 e. The lowest BCUT2D eigenvalue weighted by molar-refractivity contribution is -0.132. The molecule has 0 bridgehead atoms. The fourth-order valence-electron chi connectivity index (χ4n) is 2.92. The van der Waals surface area contributed by atoms with E-state index >= 15 is 0 Å². The average molecular weight is 313 g/mol. The highest BCUT2D eigenvalue weighted by Gasteiger charge is 2.21. The van der Waals surface area contributed by atoms with E-state index in [1.54, 1.807) is 6.20 Å². The zero-order valence-electron chi connectivity index (χ0n) is 13.5. The Morgan fingerprint density at radius 3 is 2.70 bits per heavy atom. The van der Waals surface area contributed by atoms with E-state index in [2.05, 4.69) is 33.3 Å². The Morgan fingerprint density at radius 2 is 2.00 bits per heavy atom. The van der Waals surface area contributed by atoms with Gasteiger partial charge in [0.2, 0.25) is 5.91 Å². The highest BCUT2D eigenvalue weighted by atomic mass is 16.2. The number of aryl methyl sites for hydroxylation is 1. The molecule has 1 aromatic heterocycles. The quantitative estimate of drug-likeness (QED) is 0.896. The summed E-state index contributed by atoms with van der Waals surface area (Å²) in [6, 6.07) is 8.11. The van der Waals surface area contributed by atoms with Gasteiger partial charge in [-0.15, -0.1) is 0 Å². The number of piperazine rings is 1. The summed E-state index contributed by atoms with van der Waals surface area (Å²) >= 11 is 0. The molecule has 0 atom stereocenters. The molecule has 23 heavy (non-hydrogen) atoms. The van der Waals surface area contributed by atoms with Crippen LogP contribution in [0.25, 0.3) is 0 Å². The topological polar surface area (TPSA) is 65.1 Å². The van der Waals surface area contributed by atoms with Crippen molar-refractivity contribution in [2.75, 3.05) is 32.7 Å². The van der Waals surface area contributed by atoms with Crippen molar-refractivity contribution in [1.82, 2.24) is 25.2 Å². The first-order chi connectivity index (χ1) is 11.2. The maximum Gasteiger partial charge on any atom is 0.227 e. The van der Waals surface area contributed by atoms with E-state index in [-0.39, 0.29) is 5.91 Å². The Hall–Kier alpha value is -2.21. The number of benzene rings is 1. The van der Waals surface area contributed by atoms with Gasteiger partial charge in [-0.1, -0.05) is 24.3 Å². The van der Waals surface area contributed by atoms with Crippen LogP contribution < -0.4 is 0 Å². The average Bonchev–Trinajstić information content (AvgIpc) is 3.09. The van der Waals surface area contributed by atoms with Gasteiger partial charge in [-0.2, -0.15) is 15.4 Å². The van der Waals surface area contributed by atoms with E-state index in [1.165, 1.54) is 5.56 Å². The molecule has 6 nitrogen and oxygen atoms in total.